The number of carbonyl (C=O) groups is 2. The molecule has 0 radical (unpaired) electrons. The van der Waals surface area contributed by atoms with Crippen LogP contribution in [0.2, 0.25) is 10.6 Å². The van der Waals surface area contributed by atoms with Gasteiger partial charge in [-0.2, -0.15) is 0 Å². The van der Waals surface area contributed by atoms with E-state index in [0.717, 1.165) is 25.7 Å². The van der Waals surface area contributed by atoms with Crippen molar-refractivity contribution in [2.24, 2.45) is 0 Å². The van der Waals surface area contributed by atoms with Crippen molar-refractivity contribution in [2.75, 3.05) is 0 Å². The van der Waals surface area contributed by atoms with Gasteiger partial charge in [0, 0.05) is 0 Å². The third-order valence-electron chi connectivity index (χ3n) is 1.82. The first kappa shape index (κ1) is 16.0. The van der Waals surface area contributed by atoms with Crippen molar-refractivity contribution >= 4 is 38.2 Å². The minimum absolute atomic E-state index is 0.293. The number of hydrogen-bond donors (Lipinski definition) is 2. The van der Waals surface area contributed by atoms with Crippen LogP contribution in [0.3, 0.4) is 0 Å². The number of carboxylic acids is 2. The zero-order valence-corrected chi connectivity index (χ0v) is 12.6. The van der Waals surface area contributed by atoms with E-state index in [-0.39, 0.29) is 0 Å². The van der Waals surface area contributed by atoms with Crippen LogP contribution in [-0.2, 0) is 9.59 Å². The molecule has 6 heteroatoms. The first-order valence-electron chi connectivity index (χ1n) is 5.31. The summed E-state index contributed by atoms with van der Waals surface area (Å²) in [4.78, 5) is 20.4. The fourth-order valence-corrected chi connectivity index (χ4v) is 7.98. The van der Waals surface area contributed by atoms with Crippen molar-refractivity contribution in [3.63, 3.8) is 0 Å². The summed E-state index contributed by atoms with van der Waals surface area (Å²) in [5.74, 6) is -1.40. The SMILES string of the molecule is O=C(O)CCCC[Se][Se]CCCCC(=O)O. The van der Waals surface area contributed by atoms with Crippen molar-refractivity contribution < 1.29 is 19.8 Å². The molecule has 4 nitrogen and oxygen atoms in total. The second kappa shape index (κ2) is 11.5. The molecule has 0 saturated carbocycles. The van der Waals surface area contributed by atoms with Crippen LogP contribution in [0.5, 0.6) is 0 Å². The third-order valence-corrected chi connectivity index (χ3v) is 9.53. The van der Waals surface area contributed by atoms with E-state index in [1.807, 2.05) is 0 Å². The van der Waals surface area contributed by atoms with Crippen LogP contribution < -0.4 is 0 Å². The second-order valence-electron chi connectivity index (χ2n) is 3.35. The zero-order valence-electron chi connectivity index (χ0n) is 9.18. The van der Waals surface area contributed by atoms with Crippen LogP contribution in [0.25, 0.3) is 0 Å². The average molecular weight is 360 g/mol. The normalized spacial score (nSPS) is 10.2. The van der Waals surface area contributed by atoms with Gasteiger partial charge in [-0.05, 0) is 0 Å². The molecule has 2 N–H and O–H groups in total. The summed E-state index contributed by atoms with van der Waals surface area (Å²) in [5, 5.41) is 19.2. The Kier molecular flexibility index (Phi) is 11.4. The van der Waals surface area contributed by atoms with Gasteiger partial charge >= 0.3 is 107 Å². The second-order valence-corrected chi connectivity index (χ2v) is 11.2. The maximum atomic E-state index is 10.2. The maximum absolute atomic E-state index is 10.2. The Morgan fingerprint density at radius 3 is 1.44 bits per heavy atom. The molecule has 0 amide bonds. The molecule has 0 rings (SSSR count). The molecule has 0 aromatic heterocycles. The molecule has 0 saturated heterocycles. The zero-order chi connectivity index (χ0) is 12.2. The van der Waals surface area contributed by atoms with Crippen LogP contribution in [0.1, 0.15) is 38.5 Å². The first-order chi connectivity index (χ1) is 7.63. The van der Waals surface area contributed by atoms with Crippen LogP contribution in [0.4, 0.5) is 0 Å². The van der Waals surface area contributed by atoms with Crippen LogP contribution in [0, 0.1) is 0 Å². The van der Waals surface area contributed by atoms with Gasteiger partial charge in [-0.25, -0.2) is 0 Å². The van der Waals surface area contributed by atoms with Gasteiger partial charge in [0.2, 0.25) is 0 Å². The van der Waals surface area contributed by atoms with Crippen molar-refractivity contribution in [3.8, 4) is 0 Å². The van der Waals surface area contributed by atoms with Gasteiger partial charge in [-0.3, -0.25) is 0 Å². The van der Waals surface area contributed by atoms with Gasteiger partial charge in [0.25, 0.3) is 0 Å². The van der Waals surface area contributed by atoms with E-state index in [1.165, 1.54) is 10.6 Å². The van der Waals surface area contributed by atoms with Crippen LogP contribution in [0.15, 0.2) is 0 Å². The molecule has 0 spiro atoms. The molecule has 0 unspecified atom stereocenters. The van der Waals surface area contributed by atoms with Gasteiger partial charge < -0.3 is 0 Å². The molecule has 0 aliphatic heterocycles. The molecule has 94 valence electrons. The van der Waals surface area contributed by atoms with E-state index in [9.17, 15) is 9.59 Å². The molecule has 0 aromatic rings. The molecule has 16 heavy (non-hydrogen) atoms. The summed E-state index contributed by atoms with van der Waals surface area (Å²) in [6.07, 6.45) is 4.24. The van der Waals surface area contributed by atoms with E-state index in [4.69, 9.17) is 10.2 Å². The minimum atomic E-state index is -0.702. The Bertz CT molecular complexity index is 187. The van der Waals surface area contributed by atoms with Crippen molar-refractivity contribution in [3.05, 3.63) is 0 Å². The predicted octanol–water partition coefficient (Wildman–Crippen LogP) is 1.66. The van der Waals surface area contributed by atoms with Crippen molar-refractivity contribution in [2.45, 2.75) is 49.2 Å². The molecule has 0 aliphatic rings. The van der Waals surface area contributed by atoms with Gasteiger partial charge in [0.1, 0.15) is 0 Å². The van der Waals surface area contributed by atoms with E-state index >= 15 is 0 Å². The summed E-state index contributed by atoms with van der Waals surface area (Å²) in [5.41, 5.74) is 0. The van der Waals surface area contributed by atoms with Gasteiger partial charge in [-0.1, -0.05) is 0 Å². The Balaban J connectivity index is 2.98. The molecule has 0 fully saturated rings. The number of carboxylic acid groups (broad SMARTS) is 2. The average Bonchev–Trinajstić information content (AvgIpc) is 2.20. The fourth-order valence-electron chi connectivity index (χ4n) is 0.992. The Hall–Kier alpha value is -0.0210. The summed E-state index contributed by atoms with van der Waals surface area (Å²) in [7, 11) is 0. The van der Waals surface area contributed by atoms with Gasteiger partial charge in [0.15, 0.2) is 0 Å². The molecule has 0 bridgehead atoms. The quantitative estimate of drug-likeness (QED) is 0.434. The number of unbranched alkanes of at least 4 members (excludes halogenated alkanes) is 2. The van der Waals surface area contributed by atoms with Crippen molar-refractivity contribution in [1.29, 1.82) is 0 Å². The number of hydrogen-bond acceptors (Lipinski definition) is 2. The van der Waals surface area contributed by atoms with Crippen LogP contribution >= 0.6 is 0 Å². The molecule has 0 heterocycles. The van der Waals surface area contributed by atoms with Gasteiger partial charge in [0.05, 0.1) is 0 Å². The summed E-state index contributed by atoms with van der Waals surface area (Å²) in [6, 6.07) is 0. The van der Waals surface area contributed by atoms with Crippen molar-refractivity contribution in [1.82, 2.24) is 0 Å². The first-order valence-corrected chi connectivity index (χ1v) is 12.1. The van der Waals surface area contributed by atoms with E-state index in [1.54, 1.807) is 0 Å². The molecule has 0 aliphatic carbocycles. The van der Waals surface area contributed by atoms with E-state index < -0.39 is 11.9 Å². The Morgan fingerprint density at radius 1 is 0.750 bits per heavy atom. The molecular weight excluding hydrogens is 342 g/mol. The monoisotopic (exact) mass is 362 g/mol. The van der Waals surface area contributed by atoms with Gasteiger partial charge in [-0.15, -0.1) is 0 Å². The van der Waals surface area contributed by atoms with Crippen LogP contribution in [-0.4, -0.2) is 48.4 Å². The van der Waals surface area contributed by atoms with E-state index in [2.05, 4.69) is 0 Å². The predicted molar refractivity (Wildman–Crippen MR) is 64.1 cm³/mol. The third kappa shape index (κ3) is 14.0. The molecule has 0 atom stereocenters. The van der Waals surface area contributed by atoms with E-state index in [0.29, 0.717) is 39.1 Å². The fraction of sp³-hybridized carbons (Fsp3) is 0.800. The summed E-state index contributed by atoms with van der Waals surface area (Å²) < 4.78 is 0. The number of aliphatic carboxylic acids is 2. The topological polar surface area (TPSA) is 74.6 Å². The number of rotatable bonds is 11. The summed E-state index contributed by atoms with van der Waals surface area (Å²) in [6.45, 7) is 0. The molecule has 0 aromatic carbocycles. The summed E-state index contributed by atoms with van der Waals surface area (Å²) >= 11 is 1.35. The standard InChI is InChI=1S/C10H18O4Se2/c11-9(12)5-1-3-7-15-16-8-4-2-6-10(13)14/h1-8H2,(H,11,12)(H,13,14). The Labute approximate surface area is 107 Å². The Morgan fingerprint density at radius 2 is 1.12 bits per heavy atom. The molecular formula is C10H18O4Se2.